The predicted molar refractivity (Wildman–Crippen MR) is 77.8 cm³/mol. The number of carbonyl (C=O) groups is 2. The maximum atomic E-state index is 11.9. The standard InChI is InChI=1S/C16H17NO3/c1-3-7-12(8-4-2)16(19)20-11-13-9-5-6-10-14(13)15(17)18/h3-10H,1,11H2,2H3,(H2,17,18)/b8-4-,12-7+. The number of carbonyl (C=O) groups excluding carboxylic acids is 2. The molecule has 0 radical (unpaired) electrons. The molecule has 0 bridgehead atoms. The number of nitrogens with two attached hydrogens (primary N) is 1. The molecule has 0 aliphatic carbocycles. The second-order valence-electron chi connectivity index (χ2n) is 3.96. The van der Waals surface area contributed by atoms with Gasteiger partial charge in [-0.1, -0.05) is 43.0 Å². The maximum absolute atomic E-state index is 11.9. The zero-order valence-electron chi connectivity index (χ0n) is 11.3. The van der Waals surface area contributed by atoms with Crippen LogP contribution in [0.25, 0.3) is 0 Å². The highest BCUT2D eigenvalue weighted by Crippen LogP contribution is 2.11. The summed E-state index contributed by atoms with van der Waals surface area (Å²) >= 11 is 0. The number of hydrogen-bond donors (Lipinski definition) is 1. The average Bonchev–Trinajstić information content (AvgIpc) is 2.44. The van der Waals surface area contributed by atoms with Gasteiger partial charge >= 0.3 is 5.97 Å². The zero-order chi connectivity index (χ0) is 15.0. The molecule has 0 aromatic heterocycles. The van der Waals surface area contributed by atoms with E-state index in [0.717, 1.165) is 0 Å². The highest BCUT2D eigenvalue weighted by molar-refractivity contribution is 5.94. The topological polar surface area (TPSA) is 69.4 Å². The Bertz CT molecular complexity index is 571. The van der Waals surface area contributed by atoms with E-state index in [1.807, 2.05) is 0 Å². The van der Waals surface area contributed by atoms with Gasteiger partial charge in [0, 0.05) is 11.1 Å². The summed E-state index contributed by atoms with van der Waals surface area (Å²) in [6.45, 7) is 5.33. The summed E-state index contributed by atoms with van der Waals surface area (Å²) < 4.78 is 5.17. The van der Waals surface area contributed by atoms with E-state index in [1.54, 1.807) is 49.4 Å². The number of primary amides is 1. The lowest BCUT2D eigenvalue weighted by Crippen LogP contribution is -2.15. The van der Waals surface area contributed by atoms with E-state index in [1.165, 1.54) is 6.08 Å². The van der Waals surface area contributed by atoms with Gasteiger partial charge in [-0.3, -0.25) is 4.79 Å². The molecule has 4 nitrogen and oxygen atoms in total. The molecule has 0 spiro atoms. The van der Waals surface area contributed by atoms with Crippen molar-refractivity contribution in [1.82, 2.24) is 0 Å². The fourth-order valence-corrected chi connectivity index (χ4v) is 1.61. The van der Waals surface area contributed by atoms with E-state index in [2.05, 4.69) is 6.58 Å². The summed E-state index contributed by atoms with van der Waals surface area (Å²) in [5, 5.41) is 0. The number of esters is 1. The summed E-state index contributed by atoms with van der Waals surface area (Å²) in [6, 6.07) is 6.74. The molecule has 0 fully saturated rings. The van der Waals surface area contributed by atoms with Crippen molar-refractivity contribution in [3.63, 3.8) is 0 Å². The van der Waals surface area contributed by atoms with Crippen LogP contribution in [-0.2, 0) is 16.1 Å². The fourth-order valence-electron chi connectivity index (χ4n) is 1.61. The Balaban J connectivity index is 2.82. The predicted octanol–water partition coefficient (Wildman–Crippen LogP) is 2.52. The number of rotatable bonds is 6. The molecule has 0 saturated carbocycles. The van der Waals surface area contributed by atoms with Gasteiger partial charge in [-0.25, -0.2) is 4.79 Å². The molecular formula is C16H17NO3. The number of allylic oxidation sites excluding steroid dienone is 3. The van der Waals surface area contributed by atoms with Crippen molar-refractivity contribution in [3.05, 3.63) is 71.8 Å². The van der Waals surface area contributed by atoms with Crippen LogP contribution in [0, 0.1) is 0 Å². The summed E-state index contributed by atoms with van der Waals surface area (Å²) in [5.74, 6) is -1.03. The highest BCUT2D eigenvalue weighted by atomic mass is 16.5. The van der Waals surface area contributed by atoms with E-state index in [0.29, 0.717) is 16.7 Å². The third-order valence-electron chi connectivity index (χ3n) is 2.52. The van der Waals surface area contributed by atoms with E-state index >= 15 is 0 Å². The Morgan fingerprint density at radius 3 is 2.65 bits per heavy atom. The lowest BCUT2D eigenvalue weighted by molar-refractivity contribution is -0.139. The molecule has 0 unspecified atom stereocenters. The zero-order valence-corrected chi connectivity index (χ0v) is 11.3. The van der Waals surface area contributed by atoms with Crippen LogP contribution >= 0.6 is 0 Å². The molecule has 20 heavy (non-hydrogen) atoms. The third-order valence-corrected chi connectivity index (χ3v) is 2.52. The van der Waals surface area contributed by atoms with Crippen LogP contribution in [-0.4, -0.2) is 11.9 Å². The normalized spacial score (nSPS) is 11.3. The monoisotopic (exact) mass is 271 g/mol. The van der Waals surface area contributed by atoms with Gasteiger partial charge in [0.15, 0.2) is 0 Å². The van der Waals surface area contributed by atoms with Crippen molar-refractivity contribution in [1.29, 1.82) is 0 Å². The van der Waals surface area contributed by atoms with Crippen molar-refractivity contribution in [3.8, 4) is 0 Å². The lowest BCUT2D eigenvalue weighted by atomic mass is 10.1. The van der Waals surface area contributed by atoms with Crippen LogP contribution in [0.2, 0.25) is 0 Å². The lowest BCUT2D eigenvalue weighted by Gasteiger charge is -2.08. The smallest absolute Gasteiger partial charge is 0.338 e. The molecule has 1 aromatic carbocycles. The Morgan fingerprint density at radius 1 is 1.35 bits per heavy atom. The van der Waals surface area contributed by atoms with E-state index in [-0.39, 0.29) is 6.61 Å². The molecule has 0 saturated heterocycles. The van der Waals surface area contributed by atoms with Crippen molar-refractivity contribution in [2.24, 2.45) is 5.73 Å². The fraction of sp³-hybridized carbons (Fsp3) is 0.125. The van der Waals surface area contributed by atoms with Gasteiger partial charge in [0.05, 0.1) is 5.57 Å². The van der Waals surface area contributed by atoms with Crippen LogP contribution in [0.15, 0.2) is 60.7 Å². The van der Waals surface area contributed by atoms with Crippen LogP contribution in [0.3, 0.4) is 0 Å². The highest BCUT2D eigenvalue weighted by Gasteiger charge is 2.11. The van der Waals surface area contributed by atoms with Crippen LogP contribution in [0.1, 0.15) is 22.8 Å². The maximum Gasteiger partial charge on any atom is 0.338 e. The van der Waals surface area contributed by atoms with Gasteiger partial charge in [0.2, 0.25) is 5.91 Å². The first-order valence-electron chi connectivity index (χ1n) is 6.10. The van der Waals surface area contributed by atoms with E-state index < -0.39 is 11.9 Å². The van der Waals surface area contributed by atoms with Gasteiger partial charge in [0.1, 0.15) is 6.61 Å². The summed E-state index contributed by atoms with van der Waals surface area (Å²) in [5.41, 5.74) is 6.57. The second kappa shape index (κ2) is 7.74. The Kier molecular flexibility index (Phi) is 5.97. The molecule has 1 rings (SSSR count). The summed E-state index contributed by atoms with van der Waals surface area (Å²) in [6.07, 6.45) is 6.42. The molecule has 1 amide bonds. The first-order valence-corrected chi connectivity index (χ1v) is 6.10. The van der Waals surface area contributed by atoms with Crippen molar-refractivity contribution < 1.29 is 14.3 Å². The Labute approximate surface area is 118 Å². The van der Waals surface area contributed by atoms with Gasteiger partial charge < -0.3 is 10.5 Å². The number of benzene rings is 1. The molecule has 4 heteroatoms. The molecule has 0 aliphatic rings. The van der Waals surface area contributed by atoms with Gasteiger partial charge in [-0.15, -0.1) is 0 Å². The first-order chi connectivity index (χ1) is 9.60. The van der Waals surface area contributed by atoms with Crippen molar-refractivity contribution in [2.75, 3.05) is 0 Å². The Hall–Kier alpha value is -2.62. The largest absolute Gasteiger partial charge is 0.457 e. The molecule has 0 atom stereocenters. The number of amides is 1. The first kappa shape index (κ1) is 15.4. The third kappa shape index (κ3) is 4.24. The molecule has 0 heterocycles. The van der Waals surface area contributed by atoms with E-state index in [9.17, 15) is 9.59 Å². The quantitative estimate of drug-likeness (QED) is 0.491. The molecular weight excluding hydrogens is 254 g/mol. The molecule has 0 aliphatic heterocycles. The van der Waals surface area contributed by atoms with Gasteiger partial charge in [-0.2, -0.15) is 0 Å². The minimum atomic E-state index is -0.549. The number of hydrogen-bond acceptors (Lipinski definition) is 3. The molecule has 2 N–H and O–H groups in total. The minimum Gasteiger partial charge on any atom is -0.457 e. The van der Waals surface area contributed by atoms with Crippen LogP contribution < -0.4 is 5.73 Å². The van der Waals surface area contributed by atoms with Gasteiger partial charge in [-0.05, 0) is 19.1 Å². The second-order valence-corrected chi connectivity index (χ2v) is 3.96. The van der Waals surface area contributed by atoms with Crippen LogP contribution in [0.5, 0.6) is 0 Å². The molecule has 1 aromatic rings. The SMILES string of the molecule is C=C/C=C(\C=C/C)C(=O)OCc1ccccc1C(N)=O. The Morgan fingerprint density at radius 2 is 2.05 bits per heavy atom. The van der Waals surface area contributed by atoms with Crippen molar-refractivity contribution >= 4 is 11.9 Å². The number of ether oxygens (including phenoxy) is 1. The summed E-state index contributed by atoms with van der Waals surface area (Å²) in [4.78, 5) is 23.1. The van der Waals surface area contributed by atoms with Gasteiger partial charge in [0.25, 0.3) is 0 Å². The minimum absolute atomic E-state index is 0.00994. The average molecular weight is 271 g/mol. The van der Waals surface area contributed by atoms with E-state index in [4.69, 9.17) is 10.5 Å². The van der Waals surface area contributed by atoms with Crippen molar-refractivity contribution in [2.45, 2.75) is 13.5 Å². The summed E-state index contributed by atoms with van der Waals surface area (Å²) in [7, 11) is 0. The molecule has 104 valence electrons. The van der Waals surface area contributed by atoms with Crippen LogP contribution in [0.4, 0.5) is 0 Å².